The van der Waals surface area contributed by atoms with Crippen LogP contribution < -0.4 is 11.1 Å². The number of hydrogen-bond acceptors (Lipinski definition) is 2. The first-order chi connectivity index (χ1) is 9.38. The summed E-state index contributed by atoms with van der Waals surface area (Å²) in [5.74, 6) is -2.65. The highest BCUT2D eigenvalue weighted by Gasteiger charge is 2.16. The van der Waals surface area contributed by atoms with Crippen LogP contribution in [0.4, 0.5) is 20.2 Å². The van der Waals surface area contributed by atoms with Gasteiger partial charge in [0.05, 0.1) is 22.0 Å². The Kier molecular flexibility index (Phi) is 3.90. The lowest BCUT2D eigenvalue weighted by Crippen LogP contribution is -2.15. The standard InChI is InChI=1S/C14H11ClF2N2O/c1-7-2-3-9(15)13(4-7)19-14(20)8-5-12(18)11(17)6-10(8)16/h2-6H,18H2,1H3,(H,19,20). The van der Waals surface area contributed by atoms with Crippen molar-refractivity contribution in [2.45, 2.75) is 6.92 Å². The van der Waals surface area contributed by atoms with E-state index in [2.05, 4.69) is 5.32 Å². The van der Waals surface area contributed by atoms with E-state index in [1.165, 1.54) is 0 Å². The molecule has 0 saturated heterocycles. The zero-order chi connectivity index (χ0) is 14.9. The molecule has 0 unspecified atom stereocenters. The molecule has 2 aromatic rings. The van der Waals surface area contributed by atoms with E-state index < -0.39 is 17.5 Å². The van der Waals surface area contributed by atoms with Crippen LogP contribution in [0.15, 0.2) is 30.3 Å². The van der Waals surface area contributed by atoms with E-state index in [-0.39, 0.29) is 11.3 Å². The van der Waals surface area contributed by atoms with Crippen molar-refractivity contribution < 1.29 is 13.6 Å². The minimum absolute atomic E-state index is 0.299. The number of aryl methyl sites for hydroxylation is 1. The normalized spacial score (nSPS) is 10.4. The predicted molar refractivity (Wildman–Crippen MR) is 74.9 cm³/mol. The molecule has 0 aliphatic carbocycles. The number of rotatable bonds is 2. The van der Waals surface area contributed by atoms with Crippen molar-refractivity contribution in [2.24, 2.45) is 0 Å². The third kappa shape index (κ3) is 2.88. The molecule has 0 saturated carbocycles. The second-order valence-electron chi connectivity index (χ2n) is 4.29. The second kappa shape index (κ2) is 5.46. The minimum atomic E-state index is -0.988. The van der Waals surface area contributed by atoms with E-state index in [4.69, 9.17) is 17.3 Å². The molecule has 2 aromatic carbocycles. The predicted octanol–water partition coefficient (Wildman–Crippen LogP) is 3.76. The molecule has 3 nitrogen and oxygen atoms in total. The molecule has 3 N–H and O–H groups in total. The molecule has 1 amide bonds. The van der Waals surface area contributed by atoms with Crippen molar-refractivity contribution >= 4 is 28.9 Å². The van der Waals surface area contributed by atoms with Gasteiger partial charge in [0.2, 0.25) is 0 Å². The quantitative estimate of drug-likeness (QED) is 0.829. The summed E-state index contributed by atoms with van der Waals surface area (Å²) < 4.78 is 26.6. The van der Waals surface area contributed by atoms with Gasteiger partial charge < -0.3 is 11.1 Å². The van der Waals surface area contributed by atoms with Crippen LogP contribution in [-0.4, -0.2) is 5.91 Å². The van der Waals surface area contributed by atoms with Gasteiger partial charge in [0, 0.05) is 6.07 Å². The summed E-state index contributed by atoms with van der Waals surface area (Å²) in [5.41, 5.74) is 5.91. The van der Waals surface area contributed by atoms with Crippen molar-refractivity contribution in [3.05, 3.63) is 58.1 Å². The van der Waals surface area contributed by atoms with Crippen LogP contribution in [0.5, 0.6) is 0 Å². The third-order valence-corrected chi connectivity index (χ3v) is 3.03. The van der Waals surface area contributed by atoms with E-state index in [9.17, 15) is 13.6 Å². The van der Waals surface area contributed by atoms with Gasteiger partial charge in [0.25, 0.3) is 5.91 Å². The van der Waals surface area contributed by atoms with Gasteiger partial charge in [-0.3, -0.25) is 4.79 Å². The minimum Gasteiger partial charge on any atom is -0.396 e. The molecule has 0 aliphatic rings. The van der Waals surface area contributed by atoms with Gasteiger partial charge in [-0.05, 0) is 30.7 Å². The van der Waals surface area contributed by atoms with Crippen LogP contribution in [-0.2, 0) is 0 Å². The summed E-state index contributed by atoms with van der Waals surface area (Å²) in [4.78, 5) is 12.0. The molecule has 20 heavy (non-hydrogen) atoms. The first-order valence-electron chi connectivity index (χ1n) is 5.70. The van der Waals surface area contributed by atoms with Crippen molar-refractivity contribution in [2.75, 3.05) is 11.1 Å². The second-order valence-corrected chi connectivity index (χ2v) is 4.70. The Bertz CT molecular complexity index is 689. The molecule has 0 aromatic heterocycles. The molecule has 6 heteroatoms. The first kappa shape index (κ1) is 14.3. The molecule has 0 radical (unpaired) electrons. The average molecular weight is 297 g/mol. The van der Waals surface area contributed by atoms with Gasteiger partial charge in [0.1, 0.15) is 11.6 Å². The lowest BCUT2D eigenvalue weighted by atomic mass is 10.1. The summed E-state index contributed by atoms with van der Waals surface area (Å²) in [6.07, 6.45) is 0. The number of anilines is 2. The number of amides is 1. The Morgan fingerprint density at radius 1 is 1.20 bits per heavy atom. The van der Waals surface area contributed by atoms with Crippen molar-refractivity contribution in [1.29, 1.82) is 0 Å². The number of nitrogens with two attached hydrogens (primary N) is 1. The van der Waals surface area contributed by atoms with E-state index in [0.29, 0.717) is 16.8 Å². The zero-order valence-corrected chi connectivity index (χ0v) is 11.3. The van der Waals surface area contributed by atoms with Crippen molar-refractivity contribution in [1.82, 2.24) is 0 Å². The van der Waals surface area contributed by atoms with Crippen LogP contribution in [0.3, 0.4) is 0 Å². The van der Waals surface area contributed by atoms with Gasteiger partial charge in [0.15, 0.2) is 0 Å². The van der Waals surface area contributed by atoms with Gasteiger partial charge in [-0.15, -0.1) is 0 Å². The Hall–Kier alpha value is -2.14. The van der Waals surface area contributed by atoms with Crippen LogP contribution in [0.25, 0.3) is 0 Å². The summed E-state index contributed by atoms with van der Waals surface area (Å²) in [6.45, 7) is 1.82. The zero-order valence-electron chi connectivity index (χ0n) is 10.5. The van der Waals surface area contributed by atoms with E-state index in [1.54, 1.807) is 18.2 Å². The first-order valence-corrected chi connectivity index (χ1v) is 6.08. The maximum Gasteiger partial charge on any atom is 0.258 e. The van der Waals surface area contributed by atoms with Gasteiger partial charge in [-0.25, -0.2) is 8.78 Å². The fourth-order valence-corrected chi connectivity index (χ4v) is 1.83. The van der Waals surface area contributed by atoms with Gasteiger partial charge in [-0.2, -0.15) is 0 Å². The molecule has 0 aliphatic heterocycles. The number of nitrogens with one attached hydrogen (secondary N) is 1. The van der Waals surface area contributed by atoms with Crippen molar-refractivity contribution in [3.8, 4) is 0 Å². The van der Waals surface area contributed by atoms with E-state index >= 15 is 0 Å². The van der Waals surface area contributed by atoms with Crippen LogP contribution in [0.2, 0.25) is 5.02 Å². The Balaban J connectivity index is 2.33. The number of carbonyl (C=O) groups is 1. The number of halogens is 3. The maximum atomic E-state index is 13.6. The summed E-state index contributed by atoms with van der Waals surface area (Å²) in [6, 6.07) is 6.55. The number of benzene rings is 2. The smallest absolute Gasteiger partial charge is 0.258 e. The molecule has 0 atom stereocenters. The fourth-order valence-electron chi connectivity index (χ4n) is 1.66. The molecule has 0 fully saturated rings. The Morgan fingerprint density at radius 3 is 2.60 bits per heavy atom. The molecule has 2 rings (SSSR count). The average Bonchev–Trinajstić information content (AvgIpc) is 2.38. The highest BCUT2D eigenvalue weighted by Crippen LogP contribution is 2.24. The highest BCUT2D eigenvalue weighted by molar-refractivity contribution is 6.34. The number of carbonyl (C=O) groups excluding carboxylic acids is 1. The molecular formula is C14H11ClF2N2O. The van der Waals surface area contributed by atoms with E-state index in [1.807, 2.05) is 6.92 Å². The third-order valence-electron chi connectivity index (χ3n) is 2.70. The molecule has 0 spiro atoms. The fraction of sp³-hybridized carbons (Fsp3) is 0.0714. The summed E-state index contributed by atoms with van der Waals surface area (Å²) >= 11 is 5.93. The highest BCUT2D eigenvalue weighted by atomic mass is 35.5. The Labute approximate surface area is 119 Å². The van der Waals surface area contributed by atoms with Gasteiger partial charge >= 0.3 is 0 Å². The Morgan fingerprint density at radius 2 is 1.90 bits per heavy atom. The van der Waals surface area contributed by atoms with Crippen molar-refractivity contribution in [3.63, 3.8) is 0 Å². The van der Waals surface area contributed by atoms with Crippen LogP contribution >= 0.6 is 11.6 Å². The van der Waals surface area contributed by atoms with Crippen LogP contribution in [0.1, 0.15) is 15.9 Å². The largest absolute Gasteiger partial charge is 0.396 e. The lowest BCUT2D eigenvalue weighted by Gasteiger charge is -2.09. The number of hydrogen-bond donors (Lipinski definition) is 2. The SMILES string of the molecule is Cc1ccc(Cl)c(NC(=O)c2cc(N)c(F)cc2F)c1. The number of nitrogen functional groups attached to an aromatic ring is 1. The van der Waals surface area contributed by atoms with Crippen LogP contribution in [0, 0.1) is 18.6 Å². The topological polar surface area (TPSA) is 55.1 Å². The molecule has 0 bridgehead atoms. The monoisotopic (exact) mass is 296 g/mol. The molecular weight excluding hydrogens is 286 g/mol. The molecule has 0 heterocycles. The summed E-state index contributed by atoms with van der Waals surface area (Å²) in [7, 11) is 0. The summed E-state index contributed by atoms with van der Waals surface area (Å²) in [5, 5.41) is 2.78. The lowest BCUT2D eigenvalue weighted by molar-refractivity contribution is 0.102. The van der Waals surface area contributed by atoms with E-state index in [0.717, 1.165) is 11.6 Å². The van der Waals surface area contributed by atoms with Gasteiger partial charge in [-0.1, -0.05) is 17.7 Å². The molecule has 104 valence electrons. The maximum absolute atomic E-state index is 13.6.